The molecule has 5 heteroatoms. The minimum absolute atomic E-state index is 0.0747. The fourth-order valence-corrected chi connectivity index (χ4v) is 2.39. The highest BCUT2D eigenvalue weighted by atomic mass is 16.5. The molecule has 2 rings (SSSR count). The van der Waals surface area contributed by atoms with Crippen LogP contribution in [0.2, 0.25) is 0 Å². The first kappa shape index (κ1) is 20.5. The number of hydrogen-bond donors (Lipinski definition) is 1. The summed E-state index contributed by atoms with van der Waals surface area (Å²) in [5, 5.41) is 3.95. The zero-order valence-electron chi connectivity index (χ0n) is 16.1. The largest absolute Gasteiger partial charge is 0.494 e. The van der Waals surface area contributed by atoms with Crippen LogP contribution in [-0.2, 0) is 11.2 Å². The Morgan fingerprint density at radius 2 is 1.63 bits per heavy atom. The van der Waals surface area contributed by atoms with Crippen molar-refractivity contribution >= 4 is 12.1 Å². The van der Waals surface area contributed by atoms with Crippen molar-refractivity contribution in [2.45, 2.75) is 39.5 Å². The summed E-state index contributed by atoms with van der Waals surface area (Å²) in [7, 11) is 0. The number of unbranched alkanes of at least 4 members (excludes halogenated alkanes) is 1. The zero-order chi connectivity index (χ0) is 19.3. The van der Waals surface area contributed by atoms with Gasteiger partial charge in [-0.1, -0.05) is 38.8 Å². The highest BCUT2D eigenvalue weighted by Gasteiger charge is 2.02. The van der Waals surface area contributed by atoms with Gasteiger partial charge in [-0.3, -0.25) is 4.79 Å². The monoisotopic (exact) mass is 368 g/mol. The second-order valence-corrected chi connectivity index (χ2v) is 6.25. The maximum Gasteiger partial charge on any atom is 0.277 e. The molecule has 0 atom stereocenters. The normalized spacial score (nSPS) is 10.7. The molecular weight excluding hydrogens is 340 g/mol. The first-order valence-electron chi connectivity index (χ1n) is 9.47. The summed E-state index contributed by atoms with van der Waals surface area (Å²) in [6.07, 6.45) is 5.89. The number of rotatable bonds is 11. The topological polar surface area (TPSA) is 59.9 Å². The highest BCUT2D eigenvalue weighted by molar-refractivity contribution is 5.83. The molecule has 0 radical (unpaired) electrons. The van der Waals surface area contributed by atoms with Gasteiger partial charge in [-0.2, -0.15) is 5.10 Å². The number of hydrogen-bond acceptors (Lipinski definition) is 4. The summed E-state index contributed by atoms with van der Waals surface area (Å²) >= 11 is 0. The molecule has 0 saturated heterocycles. The quantitative estimate of drug-likeness (QED) is 0.364. The number of carbonyl (C=O) groups excluding carboxylic acids is 1. The van der Waals surface area contributed by atoms with E-state index in [1.54, 1.807) is 6.21 Å². The molecule has 2 aromatic rings. The number of amides is 1. The second kappa shape index (κ2) is 11.7. The number of ether oxygens (including phenoxy) is 2. The molecule has 0 aliphatic rings. The summed E-state index contributed by atoms with van der Waals surface area (Å²) in [5.41, 5.74) is 4.61. The van der Waals surface area contributed by atoms with Gasteiger partial charge in [0.1, 0.15) is 11.5 Å². The fraction of sp³-hybridized carbons (Fsp3) is 0.364. The standard InChI is InChI=1S/C22H28N2O3/c1-3-5-15-26-20-13-9-19(10-14-20)16-23-24-22(25)17-27-21-11-7-18(6-4-2)8-12-21/h7-14,16H,3-6,15,17H2,1-2H3,(H,24,25)/b23-16-. The van der Waals surface area contributed by atoms with Gasteiger partial charge in [0.2, 0.25) is 0 Å². The molecule has 0 aliphatic carbocycles. The molecule has 0 aliphatic heterocycles. The van der Waals surface area contributed by atoms with Gasteiger partial charge in [-0.25, -0.2) is 5.43 Å². The van der Waals surface area contributed by atoms with Crippen molar-refractivity contribution < 1.29 is 14.3 Å². The number of nitrogens with zero attached hydrogens (tertiary/aromatic N) is 1. The summed E-state index contributed by atoms with van der Waals surface area (Å²) in [5.74, 6) is 1.21. The van der Waals surface area contributed by atoms with Gasteiger partial charge in [0, 0.05) is 0 Å². The van der Waals surface area contributed by atoms with Crippen LogP contribution < -0.4 is 14.9 Å². The van der Waals surface area contributed by atoms with Crippen molar-refractivity contribution in [1.29, 1.82) is 0 Å². The molecule has 1 N–H and O–H groups in total. The Kier molecular flexibility index (Phi) is 8.90. The molecule has 0 spiro atoms. The van der Waals surface area contributed by atoms with Crippen LogP contribution in [0.25, 0.3) is 0 Å². The number of carbonyl (C=O) groups is 1. The van der Waals surface area contributed by atoms with Crippen molar-refractivity contribution in [1.82, 2.24) is 5.43 Å². The van der Waals surface area contributed by atoms with Crippen LogP contribution in [0.4, 0.5) is 0 Å². The molecule has 0 fully saturated rings. The SMILES string of the molecule is CCCCOc1ccc(/C=N\NC(=O)COc2ccc(CCC)cc2)cc1. The average Bonchev–Trinajstić information content (AvgIpc) is 2.69. The third kappa shape index (κ3) is 7.94. The zero-order valence-corrected chi connectivity index (χ0v) is 16.1. The van der Waals surface area contributed by atoms with Crippen LogP contribution in [0.1, 0.15) is 44.2 Å². The lowest BCUT2D eigenvalue weighted by Crippen LogP contribution is -2.24. The minimum atomic E-state index is -0.302. The molecule has 2 aromatic carbocycles. The Morgan fingerprint density at radius 3 is 2.30 bits per heavy atom. The van der Waals surface area contributed by atoms with E-state index in [2.05, 4.69) is 24.4 Å². The van der Waals surface area contributed by atoms with Gasteiger partial charge in [-0.05, 0) is 60.4 Å². The lowest BCUT2D eigenvalue weighted by atomic mass is 10.1. The van der Waals surface area contributed by atoms with E-state index >= 15 is 0 Å². The molecule has 0 aromatic heterocycles. The Balaban J connectivity index is 1.71. The summed E-state index contributed by atoms with van der Waals surface area (Å²) in [6, 6.07) is 15.4. The number of nitrogens with one attached hydrogen (secondary N) is 1. The van der Waals surface area contributed by atoms with Crippen molar-refractivity contribution in [3.8, 4) is 11.5 Å². The Hall–Kier alpha value is -2.82. The van der Waals surface area contributed by atoms with Gasteiger partial charge in [0.25, 0.3) is 5.91 Å². The maximum absolute atomic E-state index is 11.8. The van der Waals surface area contributed by atoms with Crippen LogP contribution in [0.5, 0.6) is 11.5 Å². The Labute approximate surface area is 161 Å². The van der Waals surface area contributed by atoms with Crippen LogP contribution in [0, 0.1) is 0 Å². The molecule has 0 bridgehead atoms. The van der Waals surface area contributed by atoms with Crippen molar-refractivity contribution in [2.75, 3.05) is 13.2 Å². The Morgan fingerprint density at radius 1 is 0.963 bits per heavy atom. The molecule has 0 saturated carbocycles. The van der Waals surface area contributed by atoms with Gasteiger partial charge in [0.15, 0.2) is 6.61 Å². The van der Waals surface area contributed by atoms with Crippen molar-refractivity contribution in [2.24, 2.45) is 5.10 Å². The van der Waals surface area contributed by atoms with Crippen molar-refractivity contribution in [3.05, 3.63) is 59.7 Å². The van der Waals surface area contributed by atoms with Crippen LogP contribution in [-0.4, -0.2) is 25.3 Å². The van der Waals surface area contributed by atoms with E-state index in [9.17, 15) is 4.79 Å². The van der Waals surface area contributed by atoms with Gasteiger partial charge >= 0.3 is 0 Å². The van der Waals surface area contributed by atoms with E-state index in [0.29, 0.717) is 5.75 Å². The van der Waals surface area contributed by atoms with E-state index in [1.165, 1.54) is 5.56 Å². The summed E-state index contributed by atoms with van der Waals surface area (Å²) in [4.78, 5) is 11.8. The summed E-state index contributed by atoms with van der Waals surface area (Å²) in [6.45, 7) is 4.92. The van der Waals surface area contributed by atoms with Gasteiger partial charge in [0.05, 0.1) is 12.8 Å². The smallest absolute Gasteiger partial charge is 0.277 e. The predicted molar refractivity (Wildman–Crippen MR) is 109 cm³/mol. The lowest BCUT2D eigenvalue weighted by molar-refractivity contribution is -0.123. The van der Waals surface area contributed by atoms with E-state index in [4.69, 9.17) is 9.47 Å². The van der Waals surface area contributed by atoms with Crippen LogP contribution in [0.15, 0.2) is 53.6 Å². The molecule has 5 nitrogen and oxygen atoms in total. The highest BCUT2D eigenvalue weighted by Crippen LogP contribution is 2.13. The number of benzene rings is 2. The third-order valence-electron chi connectivity index (χ3n) is 3.88. The number of hydrazone groups is 1. The lowest BCUT2D eigenvalue weighted by Gasteiger charge is -2.06. The molecule has 144 valence electrons. The first-order chi connectivity index (χ1) is 13.2. The molecule has 1 amide bonds. The number of aryl methyl sites for hydroxylation is 1. The average molecular weight is 368 g/mol. The molecule has 27 heavy (non-hydrogen) atoms. The summed E-state index contributed by atoms with van der Waals surface area (Å²) < 4.78 is 11.1. The van der Waals surface area contributed by atoms with Crippen LogP contribution in [0.3, 0.4) is 0 Å². The minimum Gasteiger partial charge on any atom is -0.494 e. The van der Waals surface area contributed by atoms with E-state index in [0.717, 1.165) is 43.6 Å². The van der Waals surface area contributed by atoms with E-state index in [-0.39, 0.29) is 12.5 Å². The van der Waals surface area contributed by atoms with Gasteiger partial charge < -0.3 is 9.47 Å². The maximum atomic E-state index is 11.8. The van der Waals surface area contributed by atoms with Crippen molar-refractivity contribution in [3.63, 3.8) is 0 Å². The first-order valence-corrected chi connectivity index (χ1v) is 9.47. The molecule has 0 unspecified atom stereocenters. The second-order valence-electron chi connectivity index (χ2n) is 6.25. The van der Waals surface area contributed by atoms with E-state index < -0.39 is 0 Å². The fourth-order valence-electron chi connectivity index (χ4n) is 2.39. The van der Waals surface area contributed by atoms with Crippen LogP contribution >= 0.6 is 0 Å². The Bertz CT molecular complexity index is 709. The molecular formula is C22H28N2O3. The van der Waals surface area contributed by atoms with E-state index in [1.807, 2.05) is 48.5 Å². The predicted octanol–water partition coefficient (Wildman–Crippen LogP) is 4.35. The molecule has 0 heterocycles. The van der Waals surface area contributed by atoms with Gasteiger partial charge in [-0.15, -0.1) is 0 Å². The third-order valence-corrected chi connectivity index (χ3v) is 3.88.